The normalized spacial score (nSPS) is 10.7. The van der Waals surface area contributed by atoms with Gasteiger partial charge in [-0.05, 0) is 37.1 Å². The molecule has 0 bridgehead atoms. The molecule has 0 unspecified atom stereocenters. The molecule has 0 spiro atoms. The average molecular weight is 264 g/mol. The van der Waals surface area contributed by atoms with Crippen molar-refractivity contribution >= 4 is 5.69 Å². The zero-order valence-electron chi connectivity index (χ0n) is 11.2. The van der Waals surface area contributed by atoms with Crippen molar-refractivity contribution in [3.8, 4) is 0 Å². The van der Waals surface area contributed by atoms with Crippen LogP contribution in [0.4, 0.5) is 14.5 Å². The van der Waals surface area contributed by atoms with Gasteiger partial charge in [0.15, 0.2) is 5.82 Å². The van der Waals surface area contributed by atoms with Gasteiger partial charge >= 0.3 is 0 Å². The Morgan fingerprint density at radius 1 is 1.21 bits per heavy atom. The van der Waals surface area contributed by atoms with E-state index in [0.717, 1.165) is 18.7 Å². The number of aromatic nitrogens is 1. The largest absolute Gasteiger partial charge is 0.375 e. The highest BCUT2D eigenvalue weighted by Gasteiger charge is 2.11. The molecule has 0 aliphatic rings. The smallest absolute Gasteiger partial charge is 0.152 e. The fourth-order valence-electron chi connectivity index (χ4n) is 2.07. The highest BCUT2D eigenvalue weighted by molar-refractivity contribution is 5.49. The third kappa shape index (κ3) is 2.95. The van der Waals surface area contributed by atoms with Gasteiger partial charge in [0.1, 0.15) is 11.5 Å². The van der Waals surface area contributed by atoms with Crippen LogP contribution in [0, 0.1) is 18.6 Å². The number of hydrogen-bond acceptors (Lipinski definition) is 1. The van der Waals surface area contributed by atoms with Crippen molar-refractivity contribution in [1.29, 1.82) is 0 Å². The van der Waals surface area contributed by atoms with E-state index in [1.807, 2.05) is 18.3 Å². The van der Waals surface area contributed by atoms with E-state index in [9.17, 15) is 8.78 Å². The minimum absolute atomic E-state index is 0.0516. The van der Waals surface area contributed by atoms with Crippen LogP contribution in [-0.2, 0) is 13.1 Å². The standard InChI is InChI=1S/C15H18F2N2/c1-3-8-19-9-4-5-12(19)10-18-15-13(16)7-6-11(2)14(15)17/h4-7,9,18H,3,8,10H2,1-2H3. The number of hydrogen-bond donors (Lipinski definition) is 1. The Kier molecular flexibility index (Phi) is 4.20. The third-order valence-corrected chi connectivity index (χ3v) is 3.12. The molecular weight excluding hydrogens is 246 g/mol. The van der Waals surface area contributed by atoms with Crippen LogP contribution in [0.25, 0.3) is 0 Å². The SMILES string of the molecule is CCCn1cccc1CNc1c(F)ccc(C)c1F. The van der Waals surface area contributed by atoms with Crippen LogP contribution >= 0.6 is 0 Å². The van der Waals surface area contributed by atoms with Crippen molar-refractivity contribution in [2.45, 2.75) is 33.4 Å². The highest BCUT2D eigenvalue weighted by Crippen LogP contribution is 2.22. The summed E-state index contributed by atoms with van der Waals surface area (Å²) in [5, 5.41) is 2.85. The molecule has 1 heterocycles. The van der Waals surface area contributed by atoms with Crippen molar-refractivity contribution in [2.75, 3.05) is 5.32 Å². The van der Waals surface area contributed by atoms with Gasteiger partial charge in [-0.15, -0.1) is 0 Å². The summed E-state index contributed by atoms with van der Waals surface area (Å²) >= 11 is 0. The molecule has 0 atom stereocenters. The predicted molar refractivity (Wildman–Crippen MR) is 73.1 cm³/mol. The quantitative estimate of drug-likeness (QED) is 0.860. The van der Waals surface area contributed by atoms with Gasteiger partial charge in [-0.25, -0.2) is 8.78 Å². The molecule has 19 heavy (non-hydrogen) atoms. The van der Waals surface area contributed by atoms with E-state index >= 15 is 0 Å². The zero-order chi connectivity index (χ0) is 13.8. The Balaban J connectivity index is 2.14. The lowest BCUT2D eigenvalue weighted by Gasteiger charge is -2.12. The molecule has 0 amide bonds. The van der Waals surface area contributed by atoms with Gasteiger partial charge < -0.3 is 9.88 Å². The van der Waals surface area contributed by atoms with Crippen LogP contribution in [0.3, 0.4) is 0 Å². The van der Waals surface area contributed by atoms with Crippen LogP contribution in [0.2, 0.25) is 0 Å². The number of nitrogens with one attached hydrogen (secondary N) is 1. The van der Waals surface area contributed by atoms with Gasteiger partial charge in [0.05, 0.1) is 6.54 Å². The average Bonchev–Trinajstić information content (AvgIpc) is 2.82. The van der Waals surface area contributed by atoms with E-state index in [4.69, 9.17) is 0 Å². The molecule has 0 aliphatic heterocycles. The number of rotatable bonds is 5. The lowest BCUT2D eigenvalue weighted by molar-refractivity contribution is 0.580. The summed E-state index contributed by atoms with van der Waals surface area (Å²) in [5.41, 5.74) is 1.40. The first-order chi connectivity index (χ1) is 9.13. The molecular formula is C15H18F2N2. The molecule has 0 radical (unpaired) electrons. The monoisotopic (exact) mass is 264 g/mol. The third-order valence-electron chi connectivity index (χ3n) is 3.12. The van der Waals surface area contributed by atoms with Crippen molar-refractivity contribution < 1.29 is 8.78 Å². The minimum Gasteiger partial charge on any atom is -0.375 e. The molecule has 2 aromatic rings. The van der Waals surface area contributed by atoms with Gasteiger partial charge in [-0.3, -0.25) is 0 Å². The van der Waals surface area contributed by atoms with Crippen molar-refractivity contribution in [1.82, 2.24) is 4.57 Å². The first-order valence-corrected chi connectivity index (χ1v) is 6.46. The van der Waals surface area contributed by atoms with Crippen molar-refractivity contribution in [3.05, 3.63) is 53.4 Å². The molecule has 102 valence electrons. The van der Waals surface area contributed by atoms with Gasteiger partial charge in [0.25, 0.3) is 0 Å². The second-order valence-electron chi connectivity index (χ2n) is 4.60. The van der Waals surface area contributed by atoms with E-state index < -0.39 is 11.6 Å². The molecule has 4 heteroatoms. The lowest BCUT2D eigenvalue weighted by Crippen LogP contribution is -2.09. The zero-order valence-corrected chi connectivity index (χ0v) is 11.2. The van der Waals surface area contributed by atoms with E-state index in [1.165, 1.54) is 12.1 Å². The summed E-state index contributed by atoms with van der Waals surface area (Å²) in [6, 6.07) is 6.62. The number of aryl methyl sites for hydroxylation is 2. The lowest BCUT2D eigenvalue weighted by atomic mass is 10.2. The van der Waals surface area contributed by atoms with Crippen molar-refractivity contribution in [2.24, 2.45) is 0 Å². The molecule has 0 aliphatic carbocycles. The van der Waals surface area contributed by atoms with Crippen LogP contribution < -0.4 is 5.32 Å². The summed E-state index contributed by atoms with van der Waals surface area (Å²) in [7, 11) is 0. The number of nitrogens with zero attached hydrogens (tertiary/aromatic N) is 1. The molecule has 2 rings (SSSR count). The van der Waals surface area contributed by atoms with E-state index in [0.29, 0.717) is 12.1 Å². The Morgan fingerprint density at radius 2 is 2.00 bits per heavy atom. The van der Waals surface area contributed by atoms with Gasteiger partial charge in [-0.1, -0.05) is 13.0 Å². The van der Waals surface area contributed by atoms with Crippen LogP contribution in [-0.4, -0.2) is 4.57 Å². The molecule has 1 N–H and O–H groups in total. The Labute approximate surface area is 112 Å². The molecule has 1 aromatic carbocycles. The van der Waals surface area contributed by atoms with Gasteiger partial charge in [0, 0.05) is 18.4 Å². The highest BCUT2D eigenvalue weighted by atomic mass is 19.1. The summed E-state index contributed by atoms with van der Waals surface area (Å²) in [5.74, 6) is -1.08. The Morgan fingerprint density at radius 3 is 2.74 bits per heavy atom. The van der Waals surface area contributed by atoms with Crippen LogP contribution in [0.15, 0.2) is 30.5 Å². The van der Waals surface area contributed by atoms with Gasteiger partial charge in [0.2, 0.25) is 0 Å². The maximum Gasteiger partial charge on any atom is 0.152 e. The van der Waals surface area contributed by atoms with Crippen LogP contribution in [0.1, 0.15) is 24.6 Å². The molecule has 0 fully saturated rings. The van der Waals surface area contributed by atoms with Gasteiger partial charge in [-0.2, -0.15) is 0 Å². The Bertz CT molecular complexity index is 561. The number of benzene rings is 1. The second kappa shape index (κ2) is 5.87. The summed E-state index contributed by atoms with van der Waals surface area (Å²) in [6.07, 6.45) is 3.00. The van der Waals surface area contributed by atoms with E-state index in [-0.39, 0.29) is 5.69 Å². The molecule has 0 saturated heterocycles. The fraction of sp³-hybridized carbons (Fsp3) is 0.333. The van der Waals surface area contributed by atoms with E-state index in [1.54, 1.807) is 6.92 Å². The van der Waals surface area contributed by atoms with Crippen LogP contribution in [0.5, 0.6) is 0 Å². The summed E-state index contributed by atoms with van der Waals surface area (Å²) in [6.45, 7) is 5.03. The molecule has 2 nitrogen and oxygen atoms in total. The summed E-state index contributed by atoms with van der Waals surface area (Å²) in [4.78, 5) is 0. The Hall–Kier alpha value is -1.84. The molecule has 0 saturated carbocycles. The van der Waals surface area contributed by atoms with E-state index in [2.05, 4.69) is 16.8 Å². The minimum atomic E-state index is -0.559. The van der Waals surface area contributed by atoms with Crippen molar-refractivity contribution in [3.63, 3.8) is 0 Å². The predicted octanol–water partition coefficient (Wildman–Crippen LogP) is 4.10. The number of halogens is 2. The maximum absolute atomic E-state index is 13.8. The summed E-state index contributed by atoms with van der Waals surface area (Å²) < 4.78 is 29.5. The first kappa shape index (κ1) is 13.6. The topological polar surface area (TPSA) is 17.0 Å². The second-order valence-corrected chi connectivity index (χ2v) is 4.60. The maximum atomic E-state index is 13.8. The molecule has 1 aromatic heterocycles. The first-order valence-electron chi connectivity index (χ1n) is 6.46. The fourth-order valence-corrected chi connectivity index (χ4v) is 2.07. The number of anilines is 1.